The summed E-state index contributed by atoms with van der Waals surface area (Å²) in [7, 11) is 0. The van der Waals surface area contributed by atoms with Crippen molar-refractivity contribution < 1.29 is 14.0 Å². The van der Waals surface area contributed by atoms with Crippen molar-refractivity contribution in [2.24, 2.45) is 0 Å². The van der Waals surface area contributed by atoms with Crippen LogP contribution in [0.15, 0.2) is 22.8 Å². The molecule has 6 nitrogen and oxygen atoms in total. The predicted octanol–water partition coefficient (Wildman–Crippen LogP) is 0.610. The van der Waals surface area contributed by atoms with Crippen LogP contribution in [0.5, 0.6) is 0 Å². The number of likely N-dealkylation sites (N-methyl/N-ethyl adjacent to an activating group) is 1. The smallest absolute Gasteiger partial charge is 0.293 e. The Morgan fingerprint density at radius 2 is 2.20 bits per heavy atom. The number of carbonyl (C=O) groups is 2. The molecule has 6 heteroatoms. The summed E-state index contributed by atoms with van der Waals surface area (Å²) in [6, 6.07) is 3.56. The molecule has 1 fully saturated rings. The molecule has 1 saturated heterocycles. The number of carbonyl (C=O) groups excluding carboxylic acids is 2. The van der Waals surface area contributed by atoms with Gasteiger partial charge in [0.05, 0.1) is 12.8 Å². The van der Waals surface area contributed by atoms with E-state index in [1.165, 1.54) is 12.3 Å². The Kier molecular flexibility index (Phi) is 5.31. The Bertz CT molecular complexity index is 439. The van der Waals surface area contributed by atoms with Crippen LogP contribution in [0.1, 0.15) is 30.3 Å². The van der Waals surface area contributed by atoms with Gasteiger partial charge in [0.2, 0.25) is 5.91 Å². The van der Waals surface area contributed by atoms with Crippen LogP contribution >= 0.6 is 0 Å². The van der Waals surface area contributed by atoms with Gasteiger partial charge >= 0.3 is 0 Å². The largest absolute Gasteiger partial charge is 0.459 e. The van der Waals surface area contributed by atoms with E-state index in [-0.39, 0.29) is 18.2 Å². The average Bonchev–Trinajstić information content (AvgIpc) is 3.00. The molecule has 2 amide bonds. The minimum absolute atomic E-state index is 0.156. The maximum atomic E-state index is 11.9. The molecule has 0 atom stereocenters. The van der Waals surface area contributed by atoms with E-state index in [0.29, 0.717) is 6.04 Å². The molecule has 1 aliphatic rings. The zero-order chi connectivity index (χ0) is 14.4. The molecule has 2 N–H and O–H groups in total. The van der Waals surface area contributed by atoms with Crippen molar-refractivity contribution >= 4 is 11.8 Å². The Morgan fingerprint density at radius 1 is 1.45 bits per heavy atom. The van der Waals surface area contributed by atoms with Gasteiger partial charge in [-0.2, -0.15) is 0 Å². The van der Waals surface area contributed by atoms with Gasteiger partial charge in [-0.25, -0.2) is 0 Å². The number of furan rings is 1. The van der Waals surface area contributed by atoms with Crippen LogP contribution in [0.2, 0.25) is 0 Å². The summed E-state index contributed by atoms with van der Waals surface area (Å²) in [5.74, 6) is -0.614. The molecule has 20 heavy (non-hydrogen) atoms. The monoisotopic (exact) mass is 279 g/mol. The van der Waals surface area contributed by atoms with Crippen LogP contribution in [0, 0.1) is 0 Å². The van der Waals surface area contributed by atoms with Crippen molar-refractivity contribution in [2.45, 2.75) is 25.8 Å². The molecule has 0 radical (unpaired) electrons. The van der Waals surface area contributed by atoms with Gasteiger partial charge in [-0.05, 0) is 44.6 Å². The average molecular weight is 279 g/mol. The van der Waals surface area contributed by atoms with Crippen LogP contribution < -0.4 is 10.6 Å². The predicted molar refractivity (Wildman–Crippen MR) is 74.3 cm³/mol. The third kappa shape index (κ3) is 3.91. The Labute approximate surface area is 118 Å². The number of imide groups is 1. The molecule has 1 aromatic heterocycles. The van der Waals surface area contributed by atoms with Gasteiger partial charge in [0.15, 0.2) is 5.76 Å². The third-order valence-corrected chi connectivity index (χ3v) is 3.58. The van der Waals surface area contributed by atoms with E-state index in [1.807, 2.05) is 6.92 Å². The lowest BCUT2D eigenvalue weighted by Crippen LogP contribution is -2.48. The number of amides is 2. The molecule has 0 bridgehead atoms. The molecule has 0 spiro atoms. The van der Waals surface area contributed by atoms with E-state index in [2.05, 4.69) is 15.5 Å². The summed E-state index contributed by atoms with van der Waals surface area (Å²) in [4.78, 5) is 25.8. The molecular weight excluding hydrogens is 258 g/mol. The van der Waals surface area contributed by atoms with Gasteiger partial charge < -0.3 is 9.73 Å². The van der Waals surface area contributed by atoms with Crippen LogP contribution in [0.3, 0.4) is 0 Å². The maximum Gasteiger partial charge on any atom is 0.293 e. The van der Waals surface area contributed by atoms with Crippen molar-refractivity contribution in [3.05, 3.63) is 24.2 Å². The molecule has 2 heterocycles. The summed E-state index contributed by atoms with van der Waals surface area (Å²) < 4.78 is 4.96. The summed E-state index contributed by atoms with van der Waals surface area (Å²) in [5.41, 5.74) is 0. The molecule has 0 saturated carbocycles. The Morgan fingerprint density at radius 3 is 2.80 bits per heavy atom. The van der Waals surface area contributed by atoms with E-state index in [9.17, 15) is 9.59 Å². The van der Waals surface area contributed by atoms with E-state index in [4.69, 9.17) is 4.42 Å². The highest BCUT2D eigenvalue weighted by Crippen LogP contribution is 2.11. The fourth-order valence-corrected chi connectivity index (χ4v) is 2.49. The normalized spacial score (nSPS) is 16.3. The first-order valence-corrected chi connectivity index (χ1v) is 7.03. The number of hydrogen-bond acceptors (Lipinski definition) is 5. The highest BCUT2D eigenvalue weighted by molar-refractivity contribution is 6.03. The van der Waals surface area contributed by atoms with Crippen molar-refractivity contribution in [3.8, 4) is 0 Å². The van der Waals surface area contributed by atoms with Crippen molar-refractivity contribution in [3.63, 3.8) is 0 Å². The lowest BCUT2D eigenvalue weighted by atomic mass is 10.0. The van der Waals surface area contributed by atoms with Gasteiger partial charge in [-0.1, -0.05) is 6.92 Å². The number of hydrogen-bond donors (Lipinski definition) is 2. The third-order valence-electron chi connectivity index (χ3n) is 3.58. The second kappa shape index (κ2) is 7.21. The van der Waals surface area contributed by atoms with E-state index < -0.39 is 5.91 Å². The first-order valence-electron chi connectivity index (χ1n) is 7.03. The second-order valence-electron chi connectivity index (χ2n) is 4.90. The van der Waals surface area contributed by atoms with E-state index in [0.717, 1.165) is 32.5 Å². The van der Waals surface area contributed by atoms with E-state index in [1.54, 1.807) is 6.07 Å². The molecule has 0 unspecified atom stereocenters. The lowest BCUT2D eigenvalue weighted by molar-refractivity contribution is -0.122. The van der Waals surface area contributed by atoms with Crippen LogP contribution in [0.25, 0.3) is 0 Å². The zero-order valence-electron chi connectivity index (χ0n) is 11.7. The fourth-order valence-electron chi connectivity index (χ4n) is 2.49. The van der Waals surface area contributed by atoms with Crippen molar-refractivity contribution in [1.82, 2.24) is 15.5 Å². The number of rotatable bonds is 5. The van der Waals surface area contributed by atoms with Gasteiger partial charge in [0.1, 0.15) is 0 Å². The second-order valence-corrected chi connectivity index (χ2v) is 4.90. The quantitative estimate of drug-likeness (QED) is 0.826. The first kappa shape index (κ1) is 14.7. The fraction of sp³-hybridized carbons (Fsp3) is 0.571. The molecule has 2 rings (SSSR count). The molecule has 1 aliphatic heterocycles. The molecule has 110 valence electrons. The first-order chi connectivity index (χ1) is 9.70. The highest BCUT2D eigenvalue weighted by atomic mass is 16.3. The Balaban J connectivity index is 1.84. The Hall–Kier alpha value is -1.66. The minimum Gasteiger partial charge on any atom is -0.459 e. The lowest BCUT2D eigenvalue weighted by Gasteiger charge is -2.33. The topological polar surface area (TPSA) is 74.6 Å². The summed E-state index contributed by atoms with van der Waals surface area (Å²) in [6.45, 7) is 5.03. The van der Waals surface area contributed by atoms with Gasteiger partial charge in [-0.15, -0.1) is 0 Å². The van der Waals surface area contributed by atoms with Crippen LogP contribution in [-0.2, 0) is 4.79 Å². The number of nitrogens with zero attached hydrogens (tertiary/aromatic N) is 1. The highest BCUT2D eigenvalue weighted by Gasteiger charge is 2.22. The van der Waals surface area contributed by atoms with Gasteiger partial charge in [0.25, 0.3) is 5.91 Å². The van der Waals surface area contributed by atoms with Gasteiger partial charge in [0, 0.05) is 6.04 Å². The van der Waals surface area contributed by atoms with Crippen molar-refractivity contribution in [1.29, 1.82) is 0 Å². The maximum absolute atomic E-state index is 11.9. The zero-order valence-corrected chi connectivity index (χ0v) is 11.7. The standard InChI is InChI=1S/C14H21N3O3/c1-2-17(11-5-7-15-8-6-11)10-13(18)16-14(19)12-4-3-9-20-12/h3-4,9,11,15H,2,5-8,10H2,1H3,(H,16,18,19). The minimum atomic E-state index is -0.485. The van der Waals surface area contributed by atoms with Crippen LogP contribution in [0.4, 0.5) is 0 Å². The molecule has 0 aliphatic carbocycles. The molecule has 0 aromatic carbocycles. The van der Waals surface area contributed by atoms with Crippen LogP contribution in [-0.4, -0.2) is 48.9 Å². The molecule has 1 aromatic rings. The summed E-state index contributed by atoms with van der Waals surface area (Å²) in [6.07, 6.45) is 3.48. The van der Waals surface area contributed by atoms with E-state index >= 15 is 0 Å². The SMILES string of the molecule is CCN(CC(=O)NC(=O)c1ccco1)C1CCNCC1. The molecular formula is C14H21N3O3. The number of nitrogens with one attached hydrogen (secondary N) is 2. The number of piperidine rings is 1. The summed E-state index contributed by atoms with van der Waals surface area (Å²) >= 11 is 0. The summed E-state index contributed by atoms with van der Waals surface area (Å²) in [5, 5.41) is 5.66. The van der Waals surface area contributed by atoms with Crippen molar-refractivity contribution in [2.75, 3.05) is 26.2 Å². The van der Waals surface area contributed by atoms with Gasteiger partial charge in [-0.3, -0.25) is 19.8 Å².